The molecule has 1 fully saturated rings. The Balaban J connectivity index is 1.46. The van der Waals surface area contributed by atoms with Crippen LogP contribution in [0.3, 0.4) is 0 Å². The second kappa shape index (κ2) is 8.94. The number of piperazine rings is 1. The molecule has 2 aromatic carbocycles. The summed E-state index contributed by atoms with van der Waals surface area (Å²) in [4.78, 5) is 24.8. The van der Waals surface area contributed by atoms with Gasteiger partial charge in [0.2, 0.25) is 0 Å². The molecule has 0 radical (unpaired) electrons. The maximum atomic E-state index is 12.6. The Hall–Kier alpha value is -3.48. The predicted octanol–water partition coefficient (Wildman–Crippen LogP) is 4.17. The highest BCUT2D eigenvalue weighted by molar-refractivity contribution is 5.95. The minimum absolute atomic E-state index is 0.699. The summed E-state index contributed by atoms with van der Waals surface area (Å²) in [6.07, 6.45) is 3.68. The minimum Gasteiger partial charge on any atom is -0.480 e. The predicted molar refractivity (Wildman–Crippen MR) is 125 cm³/mol. The number of nitrogens with one attached hydrogen (secondary N) is 1. The van der Waals surface area contributed by atoms with Gasteiger partial charge in [-0.3, -0.25) is 19.6 Å². The first-order valence-electron chi connectivity index (χ1n) is 10.9. The van der Waals surface area contributed by atoms with E-state index in [4.69, 9.17) is 0 Å². The van der Waals surface area contributed by atoms with Gasteiger partial charge in [0.1, 0.15) is 6.04 Å². The summed E-state index contributed by atoms with van der Waals surface area (Å²) in [5.74, 6) is -0.812. The molecule has 4 aromatic rings. The van der Waals surface area contributed by atoms with Crippen molar-refractivity contribution in [3.8, 4) is 11.3 Å². The van der Waals surface area contributed by atoms with Crippen molar-refractivity contribution in [1.29, 1.82) is 0 Å². The molecular weight excluding hydrogens is 400 g/mol. The number of carboxylic acid groups (broad SMARTS) is 1. The number of H-pyrrole nitrogens is 1. The fraction of sp³-hybridized carbons (Fsp3) is 0.231. The molecule has 1 saturated heterocycles. The zero-order valence-electron chi connectivity index (χ0n) is 17.8. The van der Waals surface area contributed by atoms with Gasteiger partial charge in [-0.05, 0) is 23.3 Å². The molecule has 0 bridgehead atoms. The Labute approximate surface area is 187 Å². The Morgan fingerprint density at radius 3 is 2.44 bits per heavy atom. The van der Waals surface area contributed by atoms with Crippen LogP contribution < -0.4 is 0 Å². The molecule has 2 N–H and O–H groups in total. The summed E-state index contributed by atoms with van der Waals surface area (Å²) in [7, 11) is 0. The van der Waals surface area contributed by atoms with Crippen molar-refractivity contribution in [1.82, 2.24) is 19.8 Å². The van der Waals surface area contributed by atoms with Gasteiger partial charge in [-0.1, -0.05) is 54.6 Å². The monoisotopic (exact) mass is 426 g/mol. The average Bonchev–Trinajstić information content (AvgIpc) is 3.21. The molecule has 5 rings (SSSR count). The fourth-order valence-electron chi connectivity index (χ4n) is 4.67. The Bertz CT molecular complexity index is 1200. The van der Waals surface area contributed by atoms with Crippen LogP contribution in [0.4, 0.5) is 0 Å². The zero-order valence-corrected chi connectivity index (χ0v) is 17.8. The van der Waals surface area contributed by atoms with E-state index in [9.17, 15) is 9.90 Å². The van der Waals surface area contributed by atoms with E-state index in [1.54, 1.807) is 6.20 Å². The lowest BCUT2D eigenvalue weighted by Crippen LogP contribution is -2.48. The van der Waals surface area contributed by atoms with Crippen molar-refractivity contribution >= 4 is 16.9 Å². The fourth-order valence-corrected chi connectivity index (χ4v) is 4.67. The van der Waals surface area contributed by atoms with E-state index in [1.165, 1.54) is 5.56 Å². The maximum Gasteiger partial charge on any atom is 0.325 e. The third-order valence-corrected chi connectivity index (χ3v) is 6.22. The molecule has 162 valence electrons. The average molecular weight is 427 g/mol. The number of pyridine rings is 1. The van der Waals surface area contributed by atoms with Crippen LogP contribution in [0.1, 0.15) is 17.2 Å². The van der Waals surface area contributed by atoms with Crippen LogP contribution in [0.2, 0.25) is 0 Å². The van der Waals surface area contributed by atoms with Gasteiger partial charge < -0.3 is 10.1 Å². The molecule has 1 aliphatic rings. The summed E-state index contributed by atoms with van der Waals surface area (Å²) in [6, 6.07) is 21.3. The van der Waals surface area contributed by atoms with E-state index in [2.05, 4.69) is 25.8 Å². The van der Waals surface area contributed by atoms with Gasteiger partial charge in [-0.25, -0.2) is 0 Å². The second-order valence-electron chi connectivity index (χ2n) is 8.24. The molecular formula is C26H26N4O2. The normalized spacial score (nSPS) is 16.2. The largest absolute Gasteiger partial charge is 0.480 e. The number of nitrogens with zero attached hydrogens (tertiary/aromatic N) is 3. The standard InChI is InChI=1S/C26H26N4O2/c31-26(32)25(30-15-13-29(14-16-30)18-19-7-6-12-27-17-19)23-21-10-4-5-11-22(21)28-24(23)20-8-2-1-3-9-20/h1-12,17,25,28H,13-16,18H2,(H,31,32). The van der Waals surface area contributed by atoms with Crippen LogP contribution in [0.5, 0.6) is 0 Å². The highest BCUT2D eigenvalue weighted by Gasteiger charge is 2.34. The number of fused-ring (bicyclic) bond motifs is 1. The van der Waals surface area contributed by atoms with Crippen molar-refractivity contribution < 1.29 is 9.90 Å². The van der Waals surface area contributed by atoms with E-state index < -0.39 is 12.0 Å². The molecule has 0 saturated carbocycles. The third kappa shape index (κ3) is 4.02. The van der Waals surface area contributed by atoms with Crippen LogP contribution >= 0.6 is 0 Å². The van der Waals surface area contributed by atoms with Crippen LogP contribution in [-0.2, 0) is 11.3 Å². The first-order chi connectivity index (χ1) is 15.7. The van der Waals surface area contributed by atoms with Gasteiger partial charge in [0.15, 0.2) is 0 Å². The Kier molecular flexibility index (Phi) is 5.71. The molecule has 6 heteroatoms. The Morgan fingerprint density at radius 1 is 0.969 bits per heavy atom. The van der Waals surface area contributed by atoms with E-state index >= 15 is 0 Å². The van der Waals surface area contributed by atoms with Crippen LogP contribution in [0.25, 0.3) is 22.2 Å². The van der Waals surface area contributed by atoms with Crippen LogP contribution in [0, 0.1) is 0 Å². The summed E-state index contributed by atoms with van der Waals surface area (Å²) in [5, 5.41) is 11.3. The SMILES string of the molecule is O=C(O)C(c1c(-c2ccccc2)[nH]c2ccccc12)N1CCN(Cc2cccnc2)CC1. The first kappa shape index (κ1) is 20.4. The number of carbonyl (C=O) groups is 1. The summed E-state index contributed by atoms with van der Waals surface area (Å²) in [5.41, 5.74) is 4.87. The van der Waals surface area contributed by atoms with Gasteiger partial charge in [0.05, 0.1) is 5.69 Å². The minimum atomic E-state index is -0.812. The lowest BCUT2D eigenvalue weighted by Gasteiger charge is -2.38. The molecule has 0 spiro atoms. The number of aromatic amines is 1. The number of carboxylic acids is 1. The van der Waals surface area contributed by atoms with Gasteiger partial charge in [-0.15, -0.1) is 0 Å². The first-order valence-corrected chi connectivity index (χ1v) is 10.9. The third-order valence-electron chi connectivity index (χ3n) is 6.22. The number of hydrogen-bond donors (Lipinski definition) is 2. The smallest absolute Gasteiger partial charge is 0.325 e. The van der Waals surface area contributed by atoms with Crippen molar-refractivity contribution in [2.75, 3.05) is 26.2 Å². The van der Waals surface area contributed by atoms with Crippen molar-refractivity contribution in [2.24, 2.45) is 0 Å². The molecule has 2 aromatic heterocycles. The molecule has 0 aliphatic carbocycles. The lowest BCUT2D eigenvalue weighted by molar-refractivity contribution is -0.144. The molecule has 1 aliphatic heterocycles. The highest BCUT2D eigenvalue weighted by atomic mass is 16.4. The number of aliphatic carboxylic acids is 1. The number of para-hydroxylation sites is 1. The summed E-state index contributed by atoms with van der Waals surface area (Å²) >= 11 is 0. The van der Waals surface area contributed by atoms with E-state index in [1.807, 2.05) is 66.9 Å². The number of aromatic nitrogens is 2. The molecule has 1 atom stereocenters. The van der Waals surface area contributed by atoms with Crippen molar-refractivity contribution in [3.05, 3.63) is 90.3 Å². The van der Waals surface area contributed by atoms with E-state index in [-0.39, 0.29) is 0 Å². The van der Waals surface area contributed by atoms with Gasteiger partial charge in [0, 0.05) is 61.6 Å². The second-order valence-corrected chi connectivity index (χ2v) is 8.24. The highest BCUT2D eigenvalue weighted by Crippen LogP contribution is 2.37. The van der Waals surface area contributed by atoms with E-state index in [0.29, 0.717) is 13.1 Å². The summed E-state index contributed by atoms with van der Waals surface area (Å²) < 4.78 is 0. The van der Waals surface area contributed by atoms with Crippen LogP contribution in [0.15, 0.2) is 79.1 Å². The van der Waals surface area contributed by atoms with Crippen molar-refractivity contribution in [2.45, 2.75) is 12.6 Å². The summed E-state index contributed by atoms with van der Waals surface area (Å²) in [6.45, 7) is 3.88. The van der Waals surface area contributed by atoms with Gasteiger partial charge in [0.25, 0.3) is 0 Å². The number of benzene rings is 2. The van der Waals surface area contributed by atoms with Crippen molar-refractivity contribution in [3.63, 3.8) is 0 Å². The number of rotatable bonds is 6. The zero-order chi connectivity index (χ0) is 21.9. The molecule has 1 unspecified atom stereocenters. The van der Waals surface area contributed by atoms with Crippen LogP contribution in [-0.4, -0.2) is 57.0 Å². The van der Waals surface area contributed by atoms with E-state index in [0.717, 1.165) is 47.4 Å². The molecule has 6 nitrogen and oxygen atoms in total. The quantitative estimate of drug-likeness (QED) is 0.484. The molecule has 0 amide bonds. The molecule has 32 heavy (non-hydrogen) atoms. The Morgan fingerprint density at radius 2 is 1.72 bits per heavy atom. The number of hydrogen-bond acceptors (Lipinski definition) is 4. The lowest BCUT2D eigenvalue weighted by atomic mass is 9.97. The topological polar surface area (TPSA) is 72.5 Å². The molecule has 3 heterocycles. The van der Waals surface area contributed by atoms with Gasteiger partial charge >= 0.3 is 5.97 Å². The maximum absolute atomic E-state index is 12.6. The van der Waals surface area contributed by atoms with Gasteiger partial charge in [-0.2, -0.15) is 0 Å².